The smallest absolute Gasteiger partial charge is 0.333 e. The molecule has 0 aliphatic rings. The van der Waals surface area contributed by atoms with Crippen molar-refractivity contribution in [2.75, 3.05) is 13.7 Å². The fourth-order valence-electron chi connectivity index (χ4n) is 2.79. The Hall–Kier alpha value is -2.75. The molecule has 2 aromatic rings. The first kappa shape index (κ1) is 20.6. The second kappa shape index (κ2) is 9.26. The summed E-state index contributed by atoms with van der Waals surface area (Å²) in [6, 6.07) is 12.4. The number of ether oxygens (including phenoxy) is 3. The highest BCUT2D eigenvalue weighted by Gasteiger charge is 2.12. The first-order chi connectivity index (χ1) is 12.8. The van der Waals surface area contributed by atoms with Crippen LogP contribution in [0.3, 0.4) is 0 Å². The van der Waals surface area contributed by atoms with Gasteiger partial charge >= 0.3 is 5.97 Å². The first-order valence-corrected chi connectivity index (χ1v) is 9.02. The van der Waals surface area contributed by atoms with Crippen LogP contribution in [0, 0.1) is 13.8 Å². The summed E-state index contributed by atoms with van der Waals surface area (Å²) in [5.74, 6) is 1.30. The molecule has 0 heterocycles. The quantitative estimate of drug-likeness (QED) is 0.496. The molecule has 0 N–H and O–H groups in total. The second-order valence-electron chi connectivity index (χ2n) is 6.89. The van der Waals surface area contributed by atoms with Crippen molar-refractivity contribution in [3.05, 3.63) is 70.8 Å². The maximum atomic E-state index is 11.5. The third-order valence-electron chi connectivity index (χ3n) is 4.24. The molecule has 0 bridgehead atoms. The SMILES string of the molecule is C=C(C)C(=O)OC(C)COc1ccc(Cc2ccc(OC)c(C)c2)cc1C. The van der Waals surface area contributed by atoms with E-state index in [0.29, 0.717) is 12.2 Å². The van der Waals surface area contributed by atoms with E-state index in [1.54, 1.807) is 21.0 Å². The summed E-state index contributed by atoms with van der Waals surface area (Å²) in [6.07, 6.45) is 0.508. The molecule has 144 valence electrons. The molecule has 0 saturated carbocycles. The molecule has 27 heavy (non-hydrogen) atoms. The zero-order valence-corrected chi connectivity index (χ0v) is 16.8. The van der Waals surface area contributed by atoms with Crippen molar-refractivity contribution in [2.45, 2.75) is 40.2 Å². The lowest BCUT2D eigenvalue weighted by Crippen LogP contribution is -2.22. The maximum absolute atomic E-state index is 11.5. The van der Waals surface area contributed by atoms with E-state index in [4.69, 9.17) is 14.2 Å². The molecular formula is C23H28O4. The van der Waals surface area contributed by atoms with E-state index < -0.39 is 5.97 Å². The minimum atomic E-state index is -0.395. The zero-order chi connectivity index (χ0) is 20.0. The van der Waals surface area contributed by atoms with Gasteiger partial charge in [0, 0.05) is 5.57 Å². The van der Waals surface area contributed by atoms with Crippen LogP contribution in [0.1, 0.15) is 36.1 Å². The van der Waals surface area contributed by atoms with E-state index in [9.17, 15) is 4.79 Å². The largest absolute Gasteiger partial charge is 0.496 e. The summed E-state index contributed by atoms with van der Waals surface area (Å²) >= 11 is 0. The monoisotopic (exact) mass is 368 g/mol. The Morgan fingerprint density at radius 3 is 2.07 bits per heavy atom. The molecule has 2 rings (SSSR count). The number of esters is 1. The van der Waals surface area contributed by atoms with Crippen LogP contribution in [0.4, 0.5) is 0 Å². The summed E-state index contributed by atoms with van der Waals surface area (Å²) < 4.78 is 16.4. The average molecular weight is 368 g/mol. The van der Waals surface area contributed by atoms with Crippen molar-refractivity contribution in [1.29, 1.82) is 0 Å². The van der Waals surface area contributed by atoms with E-state index in [-0.39, 0.29) is 6.10 Å². The van der Waals surface area contributed by atoms with Gasteiger partial charge in [-0.25, -0.2) is 4.79 Å². The minimum absolute atomic E-state index is 0.302. The molecule has 2 aromatic carbocycles. The van der Waals surface area contributed by atoms with Crippen LogP contribution >= 0.6 is 0 Å². The van der Waals surface area contributed by atoms with Crippen molar-refractivity contribution < 1.29 is 19.0 Å². The Morgan fingerprint density at radius 1 is 1.04 bits per heavy atom. The summed E-state index contributed by atoms with van der Waals surface area (Å²) in [6.45, 7) is 11.4. The van der Waals surface area contributed by atoms with Crippen LogP contribution in [-0.4, -0.2) is 25.8 Å². The van der Waals surface area contributed by atoms with Gasteiger partial charge in [0.2, 0.25) is 0 Å². The van der Waals surface area contributed by atoms with Gasteiger partial charge in [-0.2, -0.15) is 0 Å². The molecule has 0 amide bonds. The Morgan fingerprint density at radius 2 is 1.59 bits per heavy atom. The van der Waals surface area contributed by atoms with Crippen LogP contribution in [0.5, 0.6) is 11.5 Å². The number of rotatable bonds is 8. The third-order valence-corrected chi connectivity index (χ3v) is 4.24. The van der Waals surface area contributed by atoms with Gasteiger partial charge in [-0.15, -0.1) is 0 Å². The van der Waals surface area contributed by atoms with Crippen molar-refractivity contribution in [2.24, 2.45) is 0 Å². The summed E-state index contributed by atoms with van der Waals surface area (Å²) in [5, 5.41) is 0. The van der Waals surface area contributed by atoms with E-state index in [0.717, 1.165) is 29.0 Å². The lowest BCUT2D eigenvalue weighted by molar-refractivity contribution is -0.144. The minimum Gasteiger partial charge on any atom is -0.496 e. The lowest BCUT2D eigenvalue weighted by atomic mass is 10.0. The van der Waals surface area contributed by atoms with Gasteiger partial charge in [0.25, 0.3) is 0 Å². The third kappa shape index (κ3) is 5.88. The summed E-state index contributed by atoms with van der Waals surface area (Å²) in [5.41, 5.74) is 5.02. The molecule has 0 aromatic heterocycles. The van der Waals surface area contributed by atoms with E-state index in [2.05, 4.69) is 30.8 Å². The van der Waals surface area contributed by atoms with Crippen LogP contribution in [0.25, 0.3) is 0 Å². The van der Waals surface area contributed by atoms with Gasteiger partial charge in [0.1, 0.15) is 24.2 Å². The van der Waals surface area contributed by atoms with E-state index in [1.165, 1.54) is 11.1 Å². The van der Waals surface area contributed by atoms with Crippen LogP contribution < -0.4 is 9.47 Å². The Balaban J connectivity index is 1.98. The van der Waals surface area contributed by atoms with Gasteiger partial charge in [-0.05, 0) is 68.5 Å². The highest BCUT2D eigenvalue weighted by atomic mass is 16.6. The lowest BCUT2D eigenvalue weighted by Gasteiger charge is -2.16. The van der Waals surface area contributed by atoms with Gasteiger partial charge < -0.3 is 14.2 Å². The number of hydrogen-bond donors (Lipinski definition) is 0. The van der Waals surface area contributed by atoms with Crippen molar-refractivity contribution in [3.8, 4) is 11.5 Å². The van der Waals surface area contributed by atoms with E-state index in [1.807, 2.05) is 26.0 Å². The molecule has 4 nitrogen and oxygen atoms in total. The number of hydrogen-bond acceptors (Lipinski definition) is 4. The molecule has 4 heteroatoms. The van der Waals surface area contributed by atoms with Gasteiger partial charge in [0.15, 0.2) is 0 Å². The fourth-order valence-corrected chi connectivity index (χ4v) is 2.79. The van der Waals surface area contributed by atoms with Crippen LogP contribution in [0.15, 0.2) is 48.6 Å². The van der Waals surface area contributed by atoms with Gasteiger partial charge in [0.05, 0.1) is 7.11 Å². The van der Waals surface area contributed by atoms with E-state index >= 15 is 0 Å². The fraction of sp³-hybridized carbons (Fsp3) is 0.348. The summed E-state index contributed by atoms with van der Waals surface area (Å²) in [4.78, 5) is 11.5. The van der Waals surface area contributed by atoms with Crippen LogP contribution in [-0.2, 0) is 16.0 Å². The van der Waals surface area contributed by atoms with Crippen molar-refractivity contribution >= 4 is 5.97 Å². The van der Waals surface area contributed by atoms with Crippen molar-refractivity contribution in [1.82, 2.24) is 0 Å². The Labute approximate surface area is 161 Å². The normalized spacial score (nSPS) is 11.6. The molecule has 0 fully saturated rings. The maximum Gasteiger partial charge on any atom is 0.333 e. The standard InChI is InChI=1S/C23H28O4/c1-15(2)23(24)27-18(5)14-26-22-10-8-20(12-17(22)4)13-19-7-9-21(25-6)16(3)11-19/h7-12,18H,1,13-14H2,2-6H3. The average Bonchev–Trinajstić information content (AvgIpc) is 2.61. The predicted molar refractivity (Wildman–Crippen MR) is 108 cm³/mol. The van der Waals surface area contributed by atoms with Crippen molar-refractivity contribution in [3.63, 3.8) is 0 Å². The zero-order valence-electron chi connectivity index (χ0n) is 16.8. The number of methoxy groups -OCH3 is 1. The molecule has 0 aliphatic heterocycles. The molecule has 0 saturated heterocycles. The molecular weight excluding hydrogens is 340 g/mol. The molecule has 0 spiro atoms. The molecule has 1 atom stereocenters. The highest BCUT2D eigenvalue weighted by molar-refractivity contribution is 5.87. The first-order valence-electron chi connectivity index (χ1n) is 9.02. The number of carbonyl (C=O) groups is 1. The number of aryl methyl sites for hydroxylation is 2. The molecule has 0 radical (unpaired) electrons. The van der Waals surface area contributed by atoms with Crippen LogP contribution in [0.2, 0.25) is 0 Å². The Bertz CT molecular complexity index is 823. The highest BCUT2D eigenvalue weighted by Crippen LogP contribution is 2.24. The molecule has 0 aliphatic carbocycles. The van der Waals surface area contributed by atoms with Gasteiger partial charge in [-0.1, -0.05) is 30.8 Å². The topological polar surface area (TPSA) is 44.8 Å². The van der Waals surface area contributed by atoms with Gasteiger partial charge in [-0.3, -0.25) is 0 Å². The number of benzene rings is 2. The number of carbonyl (C=O) groups excluding carboxylic acids is 1. The Kier molecular flexibility index (Phi) is 7.05. The summed E-state index contributed by atoms with van der Waals surface area (Å²) in [7, 11) is 1.68. The molecule has 1 unspecified atom stereocenters. The predicted octanol–water partition coefficient (Wildman–Crippen LogP) is 4.79. The second-order valence-corrected chi connectivity index (χ2v) is 6.89.